The Kier molecular flexibility index (Phi) is 3.12. The van der Waals surface area contributed by atoms with Gasteiger partial charge in [0.25, 0.3) is 0 Å². The molecule has 0 unspecified atom stereocenters. The third-order valence-electron chi connectivity index (χ3n) is 0.364. The number of rotatable bonds is 0. The van der Waals surface area contributed by atoms with Crippen LogP contribution >= 0.6 is 0 Å². The van der Waals surface area contributed by atoms with E-state index >= 15 is 0 Å². The van der Waals surface area contributed by atoms with Crippen LogP contribution in [0.15, 0.2) is 0 Å². The first-order valence-electron chi connectivity index (χ1n) is 1.49. The molecule has 1 aliphatic heterocycles. The molecule has 1 saturated heterocycles. The third-order valence-corrected chi connectivity index (χ3v) is 6.31. The summed E-state index contributed by atoms with van der Waals surface area (Å²) in [6, 6.07) is 0. The first-order chi connectivity index (χ1) is 3.00. The zero-order chi connectivity index (χ0) is 4.24. The van der Waals surface area contributed by atoms with Gasteiger partial charge in [-0.25, -0.2) is 0 Å². The van der Waals surface area contributed by atoms with Crippen molar-refractivity contribution in [2.45, 2.75) is 0 Å². The van der Waals surface area contributed by atoms with Crippen LogP contribution in [0, 0.1) is 0 Å². The Morgan fingerprint density at radius 3 is 2.17 bits per heavy atom. The molecule has 0 aromatic rings. The van der Waals surface area contributed by atoms with E-state index in [0.29, 0.717) is 43.0 Å². The molecule has 0 bridgehead atoms. The van der Waals surface area contributed by atoms with Gasteiger partial charge in [-0.1, -0.05) is 0 Å². The Hall–Kier alpha value is 1.38. The van der Waals surface area contributed by atoms with Gasteiger partial charge in [-0.15, -0.1) is 0 Å². The van der Waals surface area contributed by atoms with Gasteiger partial charge in [0.2, 0.25) is 0 Å². The van der Waals surface area contributed by atoms with E-state index in [1.165, 1.54) is 0 Å². The van der Waals surface area contributed by atoms with E-state index in [-0.39, 0.29) is 0 Å². The molecule has 0 amide bonds. The Balaban J connectivity index is 2.00. The summed E-state index contributed by atoms with van der Waals surface area (Å²) < 4.78 is 10.5. The van der Waals surface area contributed by atoms with Crippen LogP contribution in [0.1, 0.15) is 0 Å². The molecule has 0 aromatic heterocycles. The van der Waals surface area contributed by atoms with Gasteiger partial charge in [-0.05, 0) is 0 Å². The molecular formula is C2H5I2NO-2. The molecule has 1 N–H and O–H groups in total. The van der Waals surface area contributed by atoms with Gasteiger partial charge in [-0.3, -0.25) is 0 Å². The summed E-state index contributed by atoms with van der Waals surface area (Å²) in [6.07, 6.45) is 0. The zero-order valence-electron chi connectivity index (χ0n) is 3.08. The van der Waals surface area contributed by atoms with Crippen molar-refractivity contribution in [3.63, 3.8) is 0 Å². The van der Waals surface area contributed by atoms with Gasteiger partial charge in [0.05, 0.1) is 0 Å². The predicted molar refractivity (Wildman–Crippen MR) is 14.0 cm³/mol. The number of hydrogen-bond donors (Lipinski definition) is 1. The second-order valence-electron chi connectivity index (χ2n) is 0.761. The Morgan fingerprint density at radius 1 is 1.33 bits per heavy atom. The molecule has 1 rings (SSSR count). The van der Waals surface area contributed by atoms with E-state index in [4.69, 9.17) is 4.74 Å². The summed E-state index contributed by atoms with van der Waals surface area (Å²) in [5, 5.41) is 0. The van der Waals surface area contributed by atoms with Gasteiger partial charge in [0.15, 0.2) is 0 Å². The van der Waals surface area contributed by atoms with E-state index in [9.17, 15) is 0 Å². The van der Waals surface area contributed by atoms with Gasteiger partial charge >= 0.3 is 58.7 Å². The van der Waals surface area contributed by atoms with Crippen LogP contribution in [-0.4, -0.2) is 9.23 Å². The summed E-state index contributed by atoms with van der Waals surface area (Å²) in [4.78, 5) is 0. The average molecular weight is 313 g/mol. The molecule has 6 heavy (non-hydrogen) atoms. The number of halogens is 2. The van der Waals surface area contributed by atoms with Gasteiger partial charge in [-0.2, -0.15) is 0 Å². The zero-order valence-corrected chi connectivity index (χ0v) is 7.39. The molecule has 1 heterocycles. The quantitative estimate of drug-likeness (QED) is 0.273. The summed E-state index contributed by atoms with van der Waals surface area (Å²) in [7, 11) is 0. The molecule has 0 atom stereocenters. The first kappa shape index (κ1) is 5.52. The fraction of sp³-hybridized carbons (Fsp3) is 1.00. The second kappa shape index (κ2) is 3.39. The van der Waals surface area contributed by atoms with Crippen LogP contribution in [0.25, 0.3) is 0 Å². The molecule has 40 valence electrons. The number of hydrogen-bond acceptors (Lipinski definition) is 2. The van der Waals surface area contributed by atoms with Crippen molar-refractivity contribution in [3.05, 3.63) is 0 Å². The van der Waals surface area contributed by atoms with Crippen molar-refractivity contribution in [2.24, 2.45) is 0 Å². The van der Waals surface area contributed by atoms with Crippen LogP contribution in [0.5, 0.6) is 0 Å². The monoisotopic (exact) mass is 313 g/mol. The Morgan fingerprint density at radius 2 is 2.00 bits per heavy atom. The fourth-order valence-electron chi connectivity index (χ4n) is 0.183. The average Bonchev–Trinajstić information content (AvgIpc) is 1.72. The predicted octanol–water partition coefficient (Wildman–Crippen LogP) is -6.47. The number of alkyl halides is 2. The maximum atomic E-state index is 5.10. The number of nitrogens with one attached hydrogen (secondary N) is 1. The molecular weight excluding hydrogens is 308 g/mol. The Labute approximate surface area is 58.2 Å². The van der Waals surface area contributed by atoms with Gasteiger partial charge < -0.3 is 0 Å². The third kappa shape index (κ3) is 1.90. The standard InChI is InChI=1S/C2H5I2NO/c1-3-5-4-2-6-1/h5H,1-2H2/q-2. The summed E-state index contributed by atoms with van der Waals surface area (Å²) in [5.74, 6) is 0. The van der Waals surface area contributed by atoms with Crippen LogP contribution in [0.2, 0.25) is 0 Å². The van der Waals surface area contributed by atoms with Gasteiger partial charge in [0, 0.05) is 0 Å². The Bertz CT molecular complexity index is 27.0. The molecule has 0 aliphatic carbocycles. The van der Waals surface area contributed by atoms with E-state index in [1.807, 2.05) is 0 Å². The summed E-state index contributed by atoms with van der Waals surface area (Å²) >= 11 is 0.583. The van der Waals surface area contributed by atoms with Crippen molar-refractivity contribution < 1.29 is 47.7 Å². The molecule has 0 radical (unpaired) electrons. The molecule has 1 aliphatic rings. The number of ether oxygens (including phenoxy) is 1. The van der Waals surface area contributed by atoms with Crippen molar-refractivity contribution in [1.29, 1.82) is 0 Å². The van der Waals surface area contributed by atoms with Crippen molar-refractivity contribution in [1.82, 2.24) is 1.74 Å². The van der Waals surface area contributed by atoms with Crippen molar-refractivity contribution in [3.8, 4) is 0 Å². The summed E-state index contributed by atoms with van der Waals surface area (Å²) in [5.41, 5.74) is 0. The summed E-state index contributed by atoms with van der Waals surface area (Å²) in [6.45, 7) is 0. The van der Waals surface area contributed by atoms with Crippen LogP contribution in [0.3, 0.4) is 0 Å². The molecule has 1 fully saturated rings. The minimum absolute atomic E-state index is 0.291. The second-order valence-corrected chi connectivity index (χ2v) is 6.68. The molecule has 4 heteroatoms. The van der Waals surface area contributed by atoms with E-state index in [0.717, 1.165) is 9.23 Å². The normalized spacial score (nSPS) is 26.7. The molecule has 0 aromatic carbocycles. The molecule has 2 nitrogen and oxygen atoms in total. The van der Waals surface area contributed by atoms with E-state index < -0.39 is 0 Å². The molecule has 0 saturated carbocycles. The van der Waals surface area contributed by atoms with E-state index in [1.54, 1.807) is 0 Å². The van der Waals surface area contributed by atoms with Gasteiger partial charge in [0.1, 0.15) is 0 Å². The first-order valence-corrected chi connectivity index (χ1v) is 6.70. The topological polar surface area (TPSA) is 21.3 Å². The molecule has 0 spiro atoms. The van der Waals surface area contributed by atoms with Crippen LogP contribution in [0.4, 0.5) is 0 Å². The van der Waals surface area contributed by atoms with Crippen LogP contribution < -0.4 is 44.7 Å². The van der Waals surface area contributed by atoms with E-state index in [2.05, 4.69) is 1.74 Å². The van der Waals surface area contributed by atoms with Crippen LogP contribution in [-0.2, 0) is 4.74 Å². The van der Waals surface area contributed by atoms with Crippen molar-refractivity contribution >= 4 is 0 Å². The maximum absolute atomic E-state index is 5.10. The minimum atomic E-state index is 0.291. The SMILES string of the molecule is C1OC[I-]N[I-]1. The van der Waals surface area contributed by atoms with Crippen molar-refractivity contribution in [2.75, 3.05) is 9.23 Å². The fourth-order valence-corrected chi connectivity index (χ4v) is 5.29.